The largest absolute Gasteiger partial charge is 0.461 e. The summed E-state index contributed by atoms with van der Waals surface area (Å²) >= 11 is 5.97. The Bertz CT molecular complexity index is 737. The van der Waals surface area contributed by atoms with Crippen LogP contribution in [0.3, 0.4) is 0 Å². The summed E-state index contributed by atoms with van der Waals surface area (Å²) in [7, 11) is 0. The summed E-state index contributed by atoms with van der Waals surface area (Å²) < 4.78 is 5.21. The highest BCUT2D eigenvalue weighted by Crippen LogP contribution is 2.20. The van der Waals surface area contributed by atoms with Crippen molar-refractivity contribution in [2.24, 2.45) is 5.92 Å². The molecule has 0 bridgehead atoms. The van der Waals surface area contributed by atoms with Crippen molar-refractivity contribution in [3.8, 4) is 0 Å². The van der Waals surface area contributed by atoms with Gasteiger partial charge in [0.25, 0.3) is 0 Å². The van der Waals surface area contributed by atoms with E-state index in [0.717, 1.165) is 16.6 Å². The number of carbonyl (C=O) groups excluding carboxylic acids is 2. The van der Waals surface area contributed by atoms with Crippen molar-refractivity contribution in [1.29, 1.82) is 0 Å². The van der Waals surface area contributed by atoms with Crippen LogP contribution < -0.4 is 5.32 Å². The summed E-state index contributed by atoms with van der Waals surface area (Å²) in [6.45, 7) is 7.31. The zero-order chi connectivity index (χ0) is 17.9. The molecule has 130 valence electrons. The molecule has 0 aliphatic heterocycles. The molecule has 0 fully saturated rings. The Balaban J connectivity index is 2.05. The summed E-state index contributed by atoms with van der Waals surface area (Å²) in [5.74, 6) is -0.689. The van der Waals surface area contributed by atoms with Gasteiger partial charge in [0.15, 0.2) is 0 Å². The Labute approximate surface area is 146 Å². The molecule has 2 aromatic rings. The monoisotopic (exact) mass is 350 g/mol. The van der Waals surface area contributed by atoms with Gasteiger partial charge in [0.2, 0.25) is 5.91 Å². The molecule has 5 nitrogen and oxygen atoms in total. The second-order valence-electron chi connectivity index (χ2n) is 6.48. The summed E-state index contributed by atoms with van der Waals surface area (Å²) in [5, 5.41) is 4.36. The van der Waals surface area contributed by atoms with Gasteiger partial charge in [0, 0.05) is 21.6 Å². The number of carbonyl (C=O) groups is 2. The van der Waals surface area contributed by atoms with E-state index in [1.165, 1.54) is 0 Å². The van der Waals surface area contributed by atoms with Crippen LogP contribution in [0, 0.1) is 5.92 Å². The van der Waals surface area contributed by atoms with Gasteiger partial charge in [-0.05, 0) is 44.0 Å². The predicted molar refractivity (Wildman–Crippen MR) is 95.0 cm³/mol. The lowest BCUT2D eigenvalue weighted by molar-refractivity contribution is -0.152. The van der Waals surface area contributed by atoms with Gasteiger partial charge in [-0.2, -0.15) is 0 Å². The topological polar surface area (TPSA) is 71.2 Å². The lowest BCUT2D eigenvalue weighted by Gasteiger charge is -2.22. The molecule has 1 aromatic carbocycles. The first-order valence-electron chi connectivity index (χ1n) is 8.03. The van der Waals surface area contributed by atoms with Crippen LogP contribution in [-0.4, -0.2) is 29.0 Å². The molecular formula is C18H23ClN2O3. The smallest absolute Gasteiger partial charge is 0.329 e. The molecule has 0 saturated carbocycles. The zero-order valence-corrected chi connectivity index (χ0v) is 15.1. The van der Waals surface area contributed by atoms with E-state index in [2.05, 4.69) is 10.3 Å². The average Bonchev–Trinajstić information content (AvgIpc) is 2.84. The van der Waals surface area contributed by atoms with Gasteiger partial charge in [0.1, 0.15) is 6.04 Å². The molecule has 0 saturated heterocycles. The standard InChI is InChI=1S/C18H23ClN2O3/c1-10(2)17(18(23)24-11(3)4)21-16(22)9-14-8-12-7-13(19)5-6-15(12)20-14/h5-8,10-11,17,20H,9H2,1-4H3,(H,21,22)/t17-/m0/s1. The summed E-state index contributed by atoms with van der Waals surface area (Å²) in [4.78, 5) is 27.6. The van der Waals surface area contributed by atoms with E-state index in [1.54, 1.807) is 19.9 Å². The molecule has 0 aliphatic carbocycles. The van der Waals surface area contributed by atoms with E-state index in [9.17, 15) is 9.59 Å². The molecule has 1 heterocycles. The van der Waals surface area contributed by atoms with Gasteiger partial charge < -0.3 is 15.0 Å². The molecule has 0 radical (unpaired) electrons. The van der Waals surface area contributed by atoms with Crippen molar-refractivity contribution < 1.29 is 14.3 Å². The number of amides is 1. The Morgan fingerprint density at radius 1 is 1.21 bits per heavy atom. The third kappa shape index (κ3) is 4.74. The SMILES string of the molecule is CC(C)OC(=O)[C@@H](NC(=O)Cc1cc2cc(Cl)ccc2[nH]1)C(C)C. The highest BCUT2D eigenvalue weighted by atomic mass is 35.5. The number of benzene rings is 1. The number of rotatable bonds is 6. The number of esters is 1. The highest BCUT2D eigenvalue weighted by Gasteiger charge is 2.26. The van der Waals surface area contributed by atoms with Crippen LogP contribution in [0.15, 0.2) is 24.3 Å². The van der Waals surface area contributed by atoms with Crippen molar-refractivity contribution in [3.05, 3.63) is 35.0 Å². The average molecular weight is 351 g/mol. The molecule has 1 atom stereocenters. The third-order valence-corrected chi connectivity index (χ3v) is 3.81. The van der Waals surface area contributed by atoms with Crippen LogP contribution in [0.5, 0.6) is 0 Å². The second-order valence-corrected chi connectivity index (χ2v) is 6.91. The maximum atomic E-state index is 12.3. The number of halogens is 1. The molecule has 0 aliphatic rings. The van der Waals surface area contributed by atoms with Crippen molar-refractivity contribution in [2.75, 3.05) is 0 Å². The van der Waals surface area contributed by atoms with E-state index < -0.39 is 12.0 Å². The Morgan fingerprint density at radius 3 is 2.54 bits per heavy atom. The minimum absolute atomic E-state index is 0.0540. The Hall–Kier alpha value is -2.01. The van der Waals surface area contributed by atoms with Crippen LogP contribution in [-0.2, 0) is 20.7 Å². The van der Waals surface area contributed by atoms with Gasteiger partial charge in [-0.1, -0.05) is 25.4 Å². The Morgan fingerprint density at radius 2 is 1.92 bits per heavy atom. The lowest BCUT2D eigenvalue weighted by Crippen LogP contribution is -2.46. The maximum Gasteiger partial charge on any atom is 0.329 e. The van der Waals surface area contributed by atoms with Gasteiger partial charge in [0.05, 0.1) is 12.5 Å². The number of ether oxygens (including phenoxy) is 1. The predicted octanol–water partition coefficient (Wildman–Crippen LogP) is 3.46. The van der Waals surface area contributed by atoms with Crippen LogP contribution in [0.2, 0.25) is 5.02 Å². The number of H-pyrrole nitrogens is 1. The first kappa shape index (κ1) is 18.3. The fraction of sp³-hybridized carbons (Fsp3) is 0.444. The number of nitrogens with one attached hydrogen (secondary N) is 2. The number of hydrogen-bond donors (Lipinski definition) is 2. The van der Waals surface area contributed by atoms with Crippen molar-refractivity contribution in [3.63, 3.8) is 0 Å². The second kappa shape index (κ2) is 7.71. The zero-order valence-electron chi connectivity index (χ0n) is 14.4. The van der Waals surface area contributed by atoms with Crippen molar-refractivity contribution in [1.82, 2.24) is 10.3 Å². The molecular weight excluding hydrogens is 328 g/mol. The molecule has 1 amide bonds. The number of hydrogen-bond acceptors (Lipinski definition) is 3. The third-order valence-electron chi connectivity index (χ3n) is 3.58. The van der Waals surface area contributed by atoms with Crippen molar-refractivity contribution >= 4 is 34.4 Å². The highest BCUT2D eigenvalue weighted by molar-refractivity contribution is 6.31. The van der Waals surface area contributed by atoms with E-state index in [4.69, 9.17) is 16.3 Å². The van der Waals surface area contributed by atoms with E-state index in [-0.39, 0.29) is 24.3 Å². The molecule has 2 N–H and O–H groups in total. The van der Waals surface area contributed by atoms with E-state index in [1.807, 2.05) is 32.0 Å². The summed E-state index contributed by atoms with van der Waals surface area (Å²) in [5.41, 5.74) is 1.69. The molecule has 0 unspecified atom stereocenters. The molecule has 6 heteroatoms. The minimum Gasteiger partial charge on any atom is -0.461 e. The molecule has 0 spiro atoms. The van der Waals surface area contributed by atoms with Crippen LogP contribution in [0.1, 0.15) is 33.4 Å². The fourth-order valence-corrected chi connectivity index (χ4v) is 2.64. The number of aromatic amines is 1. The van der Waals surface area contributed by atoms with Crippen LogP contribution in [0.4, 0.5) is 0 Å². The number of aromatic nitrogens is 1. The molecule has 24 heavy (non-hydrogen) atoms. The lowest BCUT2D eigenvalue weighted by atomic mass is 10.0. The Kier molecular flexibility index (Phi) is 5.89. The first-order valence-corrected chi connectivity index (χ1v) is 8.41. The summed E-state index contributed by atoms with van der Waals surface area (Å²) in [6, 6.07) is 6.74. The van der Waals surface area contributed by atoms with Gasteiger partial charge in [-0.3, -0.25) is 4.79 Å². The maximum absolute atomic E-state index is 12.3. The number of fused-ring (bicyclic) bond motifs is 1. The molecule has 2 rings (SSSR count). The van der Waals surface area contributed by atoms with Crippen LogP contribution >= 0.6 is 11.6 Å². The summed E-state index contributed by atoms with van der Waals surface area (Å²) in [6.07, 6.45) is -0.0566. The van der Waals surface area contributed by atoms with E-state index >= 15 is 0 Å². The van der Waals surface area contributed by atoms with Crippen molar-refractivity contribution in [2.45, 2.75) is 46.3 Å². The normalized spacial score (nSPS) is 12.6. The fourth-order valence-electron chi connectivity index (χ4n) is 2.46. The van der Waals surface area contributed by atoms with Gasteiger partial charge >= 0.3 is 5.97 Å². The van der Waals surface area contributed by atoms with Gasteiger partial charge in [-0.15, -0.1) is 0 Å². The quantitative estimate of drug-likeness (QED) is 0.784. The van der Waals surface area contributed by atoms with Crippen LogP contribution in [0.25, 0.3) is 10.9 Å². The van der Waals surface area contributed by atoms with Gasteiger partial charge in [-0.25, -0.2) is 4.79 Å². The molecule has 1 aromatic heterocycles. The minimum atomic E-state index is -0.654. The van der Waals surface area contributed by atoms with E-state index in [0.29, 0.717) is 5.02 Å². The first-order chi connectivity index (χ1) is 11.3.